The molecule has 5 heteroatoms. The summed E-state index contributed by atoms with van der Waals surface area (Å²) in [6.45, 7) is 4.15. The maximum Gasteiger partial charge on any atom is 0.168 e. The highest BCUT2D eigenvalue weighted by Crippen LogP contribution is 2.44. The summed E-state index contributed by atoms with van der Waals surface area (Å²) in [6.07, 6.45) is 4.97. The molecule has 0 unspecified atom stereocenters. The van der Waals surface area contributed by atoms with Gasteiger partial charge in [-0.15, -0.1) is 11.6 Å². The van der Waals surface area contributed by atoms with Crippen LogP contribution in [0.25, 0.3) is 5.57 Å². The predicted molar refractivity (Wildman–Crippen MR) is 124 cm³/mol. The molecular formula is C26H31ClO4. The van der Waals surface area contributed by atoms with Gasteiger partial charge in [-0.05, 0) is 66.1 Å². The topological polar surface area (TPSA) is 47.9 Å². The third-order valence-electron chi connectivity index (χ3n) is 6.40. The summed E-state index contributed by atoms with van der Waals surface area (Å²) in [5.41, 5.74) is 4.99. The number of halogens is 1. The Morgan fingerprint density at radius 3 is 2.13 bits per heavy atom. The van der Waals surface area contributed by atoms with Crippen molar-refractivity contribution in [3.63, 3.8) is 0 Å². The second-order valence-corrected chi connectivity index (χ2v) is 8.62. The van der Waals surface area contributed by atoms with Crippen molar-refractivity contribution in [1.82, 2.24) is 0 Å². The summed E-state index contributed by atoms with van der Waals surface area (Å²) in [7, 11) is 0. The Kier molecular flexibility index (Phi) is 7.21. The van der Waals surface area contributed by atoms with E-state index in [9.17, 15) is 5.11 Å². The number of alkyl halides is 1. The summed E-state index contributed by atoms with van der Waals surface area (Å²) in [4.78, 5) is 0. The van der Waals surface area contributed by atoms with E-state index in [1.165, 1.54) is 11.1 Å². The van der Waals surface area contributed by atoms with Crippen LogP contribution >= 0.6 is 11.6 Å². The average Bonchev–Trinajstić information content (AvgIpc) is 3.26. The highest BCUT2D eigenvalue weighted by Gasteiger charge is 2.41. The first-order chi connectivity index (χ1) is 15.1. The molecule has 4 nitrogen and oxygen atoms in total. The van der Waals surface area contributed by atoms with Crippen LogP contribution in [0.4, 0.5) is 0 Å². The molecule has 1 N–H and O–H groups in total. The number of allylic oxidation sites excluding steroid dienone is 1. The lowest BCUT2D eigenvalue weighted by Crippen LogP contribution is -2.35. The zero-order chi connectivity index (χ0) is 21.7. The number of ether oxygens (including phenoxy) is 3. The molecule has 166 valence electrons. The monoisotopic (exact) mass is 442 g/mol. The van der Waals surface area contributed by atoms with Crippen LogP contribution in [0.3, 0.4) is 0 Å². The molecule has 1 aliphatic heterocycles. The van der Waals surface area contributed by atoms with Crippen LogP contribution in [0, 0.1) is 5.92 Å². The van der Waals surface area contributed by atoms with E-state index in [4.69, 9.17) is 25.8 Å². The second-order valence-electron chi connectivity index (χ2n) is 8.24. The van der Waals surface area contributed by atoms with Gasteiger partial charge in [-0.3, -0.25) is 0 Å². The minimum Gasteiger partial charge on any atom is -0.508 e. The SMILES string of the molecule is CC/C(=C(/c1ccc(O)cc1)c1ccc(OCCCl)cc1)C1CCC2(CC1)OCCO2. The normalized spacial score (nSPS) is 19.4. The van der Waals surface area contributed by atoms with Crippen molar-refractivity contribution in [3.8, 4) is 11.5 Å². The van der Waals surface area contributed by atoms with Crippen LogP contribution in [0.2, 0.25) is 0 Å². The lowest BCUT2D eigenvalue weighted by atomic mass is 9.76. The smallest absolute Gasteiger partial charge is 0.168 e. The number of benzene rings is 2. The van der Waals surface area contributed by atoms with Crippen LogP contribution in [-0.4, -0.2) is 36.6 Å². The Balaban J connectivity index is 1.68. The van der Waals surface area contributed by atoms with Gasteiger partial charge in [0.1, 0.15) is 18.1 Å². The van der Waals surface area contributed by atoms with Gasteiger partial charge in [0, 0.05) is 12.8 Å². The quantitative estimate of drug-likeness (QED) is 0.522. The van der Waals surface area contributed by atoms with E-state index >= 15 is 0 Å². The lowest BCUT2D eigenvalue weighted by Gasteiger charge is -2.37. The molecule has 31 heavy (non-hydrogen) atoms. The molecule has 1 saturated heterocycles. The number of phenols is 1. The molecule has 2 fully saturated rings. The van der Waals surface area contributed by atoms with Gasteiger partial charge in [-0.2, -0.15) is 0 Å². The highest BCUT2D eigenvalue weighted by atomic mass is 35.5. The standard InChI is InChI=1S/C26H31ClO4/c1-2-24(19-11-13-26(14-12-19)30-17-18-31-26)25(20-3-7-22(28)8-4-20)21-5-9-23(10-6-21)29-16-15-27/h3-10,19,28H,2,11-18H2,1H3/b25-24+. The van der Waals surface area contributed by atoms with Gasteiger partial charge in [0.05, 0.1) is 19.1 Å². The fourth-order valence-corrected chi connectivity index (χ4v) is 4.98. The predicted octanol–water partition coefficient (Wildman–Crippen LogP) is 6.16. The van der Waals surface area contributed by atoms with Crippen LogP contribution < -0.4 is 4.74 Å². The van der Waals surface area contributed by atoms with E-state index in [-0.39, 0.29) is 11.5 Å². The first-order valence-corrected chi connectivity index (χ1v) is 11.8. The summed E-state index contributed by atoms with van der Waals surface area (Å²) >= 11 is 5.75. The summed E-state index contributed by atoms with van der Waals surface area (Å²) in [5.74, 6) is 1.70. The lowest BCUT2D eigenvalue weighted by molar-refractivity contribution is -0.180. The van der Waals surface area contributed by atoms with E-state index < -0.39 is 0 Å². The van der Waals surface area contributed by atoms with Crippen molar-refractivity contribution in [2.75, 3.05) is 25.7 Å². The Hall–Kier alpha value is -2.01. The Morgan fingerprint density at radius 1 is 1.00 bits per heavy atom. The fraction of sp³-hybridized carbons (Fsp3) is 0.462. The highest BCUT2D eigenvalue weighted by molar-refractivity contribution is 6.18. The maximum absolute atomic E-state index is 9.82. The molecule has 4 rings (SSSR count). The van der Waals surface area contributed by atoms with E-state index in [1.807, 2.05) is 24.3 Å². The largest absolute Gasteiger partial charge is 0.508 e. The third kappa shape index (κ3) is 5.08. The third-order valence-corrected chi connectivity index (χ3v) is 6.55. The van der Waals surface area contributed by atoms with Gasteiger partial charge < -0.3 is 19.3 Å². The van der Waals surface area contributed by atoms with Gasteiger partial charge in [0.2, 0.25) is 0 Å². The molecular weight excluding hydrogens is 412 g/mol. The molecule has 2 aromatic carbocycles. The van der Waals surface area contributed by atoms with Crippen molar-refractivity contribution in [3.05, 3.63) is 65.2 Å². The molecule has 1 spiro atoms. The Labute approximate surface area is 189 Å². The molecule has 0 atom stereocenters. The van der Waals surface area contributed by atoms with Crippen molar-refractivity contribution < 1.29 is 19.3 Å². The van der Waals surface area contributed by atoms with Gasteiger partial charge in [0.15, 0.2) is 5.79 Å². The molecule has 0 radical (unpaired) electrons. The van der Waals surface area contributed by atoms with E-state index in [0.29, 0.717) is 31.6 Å². The minimum absolute atomic E-state index is 0.279. The zero-order valence-electron chi connectivity index (χ0n) is 18.1. The van der Waals surface area contributed by atoms with Crippen molar-refractivity contribution in [2.45, 2.75) is 44.8 Å². The molecule has 0 amide bonds. The zero-order valence-corrected chi connectivity index (χ0v) is 18.9. The first kappa shape index (κ1) is 22.2. The number of aromatic hydroxyl groups is 1. The fourth-order valence-electron chi connectivity index (χ4n) is 4.90. The minimum atomic E-state index is -0.352. The van der Waals surface area contributed by atoms with E-state index in [1.54, 1.807) is 12.1 Å². The number of rotatable bonds is 7. The molecule has 0 aromatic heterocycles. The van der Waals surface area contributed by atoms with Crippen LogP contribution in [0.1, 0.15) is 50.2 Å². The number of hydrogen-bond donors (Lipinski definition) is 1. The van der Waals surface area contributed by atoms with Crippen LogP contribution in [-0.2, 0) is 9.47 Å². The Bertz CT molecular complexity index is 873. The number of phenolic OH excluding ortho intramolecular Hbond substituents is 1. The van der Waals surface area contributed by atoms with Gasteiger partial charge in [-0.1, -0.05) is 36.8 Å². The first-order valence-electron chi connectivity index (χ1n) is 11.2. The van der Waals surface area contributed by atoms with Gasteiger partial charge >= 0.3 is 0 Å². The summed E-state index contributed by atoms with van der Waals surface area (Å²) in [6, 6.07) is 15.8. The van der Waals surface area contributed by atoms with Crippen molar-refractivity contribution >= 4 is 17.2 Å². The maximum atomic E-state index is 9.82. The molecule has 2 aliphatic rings. The van der Waals surface area contributed by atoms with Gasteiger partial charge in [-0.25, -0.2) is 0 Å². The molecule has 2 aromatic rings. The molecule has 1 saturated carbocycles. The van der Waals surface area contributed by atoms with E-state index in [0.717, 1.165) is 49.0 Å². The van der Waals surface area contributed by atoms with Crippen molar-refractivity contribution in [1.29, 1.82) is 0 Å². The second kappa shape index (κ2) is 10.1. The summed E-state index contributed by atoms with van der Waals surface area (Å²) in [5, 5.41) is 9.82. The molecule has 0 bridgehead atoms. The molecule has 1 heterocycles. The van der Waals surface area contributed by atoms with Crippen LogP contribution in [0.5, 0.6) is 11.5 Å². The Morgan fingerprint density at radius 2 is 1.58 bits per heavy atom. The number of hydrogen-bond acceptors (Lipinski definition) is 4. The van der Waals surface area contributed by atoms with Gasteiger partial charge in [0.25, 0.3) is 0 Å². The molecule has 1 aliphatic carbocycles. The van der Waals surface area contributed by atoms with E-state index in [2.05, 4.69) is 19.1 Å². The van der Waals surface area contributed by atoms with Crippen molar-refractivity contribution in [2.24, 2.45) is 5.92 Å². The average molecular weight is 443 g/mol. The van der Waals surface area contributed by atoms with Crippen LogP contribution in [0.15, 0.2) is 54.1 Å². The summed E-state index contributed by atoms with van der Waals surface area (Å²) < 4.78 is 17.5.